The van der Waals surface area contributed by atoms with Crippen LogP contribution in [0.1, 0.15) is 31.9 Å². The first-order chi connectivity index (χ1) is 12.2. The molecule has 0 aromatic heterocycles. The predicted molar refractivity (Wildman–Crippen MR) is 102 cm³/mol. The van der Waals surface area contributed by atoms with E-state index >= 15 is 0 Å². The fourth-order valence-corrected chi connectivity index (χ4v) is 2.28. The van der Waals surface area contributed by atoms with E-state index in [4.69, 9.17) is 9.84 Å². The Labute approximate surface area is 153 Å². The molecule has 0 aliphatic rings. The van der Waals surface area contributed by atoms with Crippen LogP contribution in [0.2, 0.25) is 0 Å². The Bertz CT molecular complexity index is 802. The Kier molecular flexibility index (Phi) is 6.17. The van der Waals surface area contributed by atoms with Crippen molar-refractivity contribution in [3.8, 4) is 5.75 Å². The molecule has 0 fully saturated rings. The van der Waals surface area contributed by atoms with Gasteiger partial charge in [-0.25, -0.2) is 4.79 Å². The van der Waals surface area contributed by atoms with Crippen molar-refractivity contribution in [3.05, 3.63) is 65.7 Å². The number of nitrogens with one attached hydrogen (secondary N) is 1. The van der Waals surface area contributed by atoms with Gasteiger partial charge in [-0.15, -0.1) is 0 Å². The summed E-state index contributed by atoms with van der Waals surface area (Å²) in [5, 5.41) is 11.4. The molecule has 5 nitrogen and oxygen atoms in total. The highest BCUT2D eigenvalue weighted by Gasteiger charge is 2.13. The van der Waals surface area contributed by atoms with Gasteiger partial charge in [0.05, 0.1) is 0 Å². The molecule has 2 rings (SSSR count). The molecule has 5 heteroatoms. The summed E-state index contributed by atoms with van der Waals surface area (Å²) in [4.78, 5) is 22.6. The van der Waals surface area contributed by atoms with Crippen LogP contribution >= 0.6 is 0 Å². The lowest BCUT2D eigenvalue weighted by atomic mass is 9.87. The lowest BCUT2D eigenvalue weighted by Gasteiger charge is -2.19. The molecule has 0 bridgehead atoms. The van der Waals surface area contributed by atoms with E-state index in [0.29, 0.717) is 17.0 Å². The van der Waals surface area contributed by atoms with Crippen molar-refractivity contribution in [2.45, 2.75) is 26.2 Å². The quantitative estimate of drug-likeness (QED) is 0.767. The van der Waals surface area contributed by atoms with Crippen molar-refractivity contribution in [2.75, 3.05) is 11.9 Å². The largest absolute Gasteiger partial charge is 0.484 e. The van der Waals surface area contributed by atoms with Gasteiger partial charge < -0.3 is 15.2 Å². The molecule has 2 aromatic carbocycles. The number of carboxylic acids is 1. The normalized spacial score (nSPS) is 11.3. The fraction of sp³-hybridized carbons (Fsp3) is 0.238. The van der Waals surface area contributed by atoms with Crippen LogP contribution in [0.3, 0.4) is 0 Å². The van der Waals surface area contributed by atoms with Crippen LogP contribution in [0.15, 0.2) is 54.6 Å². The zero-order valence-electron chi connectivity index (χ0n) is 15.2. The van der Waals surface area contributed by atoms with Crippen LogP contribution in [-0.2, 0) is 15.0 Å². The third-order valence-electron chi connectivity index (χ3n) is 3.68. The van der Waals surface area contributed by atoms with E-state index in [-0.39, 0.29) is 17.9 Å². The second-order valence-corrected chi connectivity index (χ2v) is 6.91. The summed E-state index contributed by atoms with van der Waals surface area (Å²) in [6, 6.07) is 14.6. The van der Waals surface area contributed by atoms with Crippen molar-refractivity contribution in [1.82, 2.24) is 0 Å². The number of carbonyl (C=O) groups is 2. The van der Waals surface area contributed by atoms with Gasteiger partial charge in [-0.2, -0.15) is 0 Å². The minimum atomic E-state index is -1.02. The van der Waals surface area contributed by atoms with E-state index in [2.05, 4.69) is 26.1 Å². The molecule has 0 saturated heterocycles. The number of carboxylic acid groups (broad SMARTS) is 1. The van der Waals surface area contributed by atoms with Crippen LogP contribution in [-0.4, -0.2) is 23.6 Å². The monoisotopic (exact) mass is 353 g/mol. The Morgan fingerprint density at radius 2 is 1.81 bits per heavy atom. The second-order valence-electron chi connectivity index (χ2n) is 6.91. The lowest BCUT2D eigenvalue weighted by molar-refractivity contribution is -0.131. The molecule has 0 radical (unpaired) electrons. The summed E-state index contributed by atoms with van der Waals surface area (Å²) in [6.07, 6.45) is 2.51. The summed E-state index contributed by atoms with van der Waals surface area (Å²) in [6.45, 7) is 6.30. The van der Waals surface area contributed by atoms with Crippen molar-refractivity contribution in [1.29, 1.82) is 0 Å². The van der Waals surface area contributed by atoms with E-state index in [1.165, 1.54) is 11.6 Å². The SMILES string of the molecule is CC(C)(C)c1ccc(OCC(=O)Nc2cccc(/C=C/C(=O)O)c2)cc1. The molecule has 0 unspecified atom stereocenters. The Balaban J connectivity index is 1.91. The third-order valence-corrected chi connectivity index (χ3v) is 3.68. The van der Waals surface area contributed by atoms with Gasteiger partial charge in [0.2, 0.25) is 0 Å². The Morgan fingerprint density at radius 1 is 1.12 bits per heavy atom. The molecule has 2 aromatic rings. The number of aliphatic carboxylic acids is 1. The Morgan fingerprint density at radius 3 is 2.42 bits per heavy atom. The van der Waals surface area contributed by atoms with Crippen LogP contribution in [0.5, 0.6) is 5.75 Å². The molecule has 2 N–H and O–H groups in total. The first kappa shape index (κ1) is 19.2. The maximum atomic E-state index is 12.0. The van der Waals surface area contributed by atoms with Crippen LogP contribution in [0.4, 0.5) is 5.69 Å². The number of anilines is 1. The van der Waals surface area contributed by atoms with E-state index in [1.807, 2.05) is 24.3 Å². The van der Waals surface area contributed by atoms with Crippen LogP contribution in [0, 0.1) is 0 Å². The first-order valence-electron chi connectivity index (χ1n) is 8.28. The van der Waals surface area contributed by atoms with E-state index < -0.39 is 5.97 Å². The molecule has 1 amide bonds. The number of hydrogen-bond acceptors (Lipinski definition) is 3. The van der Waals surface area contributed by atoms with Crippen molar-refractivity contribution < 1.29 is 19.4 Å². The zero-order valence-corrected chi connectivity index (χ0v) is 15.2. The van der Waals surface area contributed by atoms with Gasteiger partial charge in [0.15, 0.2) is 6.61 Å². The lowest BCUT2D eigenvalue weighted by Crippen LogP contribution is -2.20. The van der Waals surface area contributed by atoms with Gasteiger partial charge in [-0.3, -0.25) is 4.79 Å². The number of rotatable bonds is 6. The molecule has 0 aliphatic carbocycles. The van der Waals surface area contributed by atoms with Gasteiger partial charge in [-0.1, -0.05) is 45.0 Å². The molecular formula is C21H23NO4. The van der Waals surface area contributed by atoms with Gasteiger partial charge in [0.1, 0.15) is 5.75 Å². The highest BCUT2D eigenvalue weighted by atomic mass is 16.5. The third kappa shape index (κ3) is 6.09. The maximum absolute atomic E-state index is 12.0. The number of benzene rings is 2. The molecule has 0 spiro atoms. The van der Waals surface area contributed by atoms with Gasteiger partial charge in [0.25, 0.3) is 5.91 Å². The van der Waals surface area contributed by atoms with Crippen molar-refractivity contribution in [3.63, 3.8) is 0 Å². The predicted octanol–water partition coefficient (Wildman–Crippen LogP) is 4.10. The summed E-state index contributed by atoms with van der Waals surface area (Å²) < 4.78 is 5.51. The van der Waals surface area contributed by atoms with Crippen molar-refractivity contribution >= 4 is 23.6 Å². The molecule has 26 heavy (non-hydrogen) atoms. The van der Waals surface area contributed by atoms with Crippen LogP contribution < -0.4 is 10.1 Å². The fourth-order valence-electron chi connectivity index (χ4n) is 2.28. The van der Waals surface area contributed by atoms with Crippen LogP contribution in [0.25, 0.3) is 6.08 Å². The van der Waals surface area contributed by atoms with Gasteiger partial charge >= 0.3 is 5.97 Å². The highest BCUT2D eigenvalue weighted by molar-refractivity contribution is 5.92. The minimum absolute atomic E-state index is 0.0655. The summed E-state index contributed by atoms with van der Waals surface area (Å²) in [7, 11) is 0. The number of ether oxygens (including phenoxy) is 1. The topological polar surface area (TPSA) is 75.6 Å². The van der Waals surface area contributed by atoms with Crippen molar-refractivity contribution in [2.24, 2.45) is 0 Å². The Hall–Kier alpha value is -3.08. The van der Waals surface area contributed by atoms with Gasteiger partial charge in [0, 0.05) is 11.8 Å². The maximum Gasteiger partial charge on any atom is 0.328 e. The van der Waals surface area contributed by atoms with E-state index in [1.54, 1.807) is 24.3 Å². The molecule has 0 atom stereocenters. The second kappa shape index (κ2) is 8.34. The van der Waals surface area contributed by atoms with Gasteiger partial charge in [-0.05, 0) is 46.9 Å². The summed E-state index contributed by atoms with van der Waals surface area (Å²) in [5.41, 5.74) is 2.52. The molecular weight excluding hydrogens is 330 g/mol. The standard InChI is InChI=1S/C21H23NO4/c1-21(2,3)16-8-10-18(11-9-16)26-14-19(23)22-17-6-4-5-15(13-17)7-12-20(24)25/h4-13H,14H2,1-3H3,(H,22,23)(H,24,25)/b12-7+. The number of carbonyl (C=O) groups excluding carboxylic acids is 1. The van der Waals surface area contributed by atoms with E-state index in [0.717, 1.165) is 6.08 Å². The number of hydrogen-bond donors (Lipinski definition) is 2. The highest BCUT2D eigenvalue weighted by Crippen LogP contribution is 2.24. The molecule has 136 valence electrons. The molecule has 0 heterocycles. The number of amides is 1. The van der Waals surface area contributed by atoms with E-state index in [9.17, 15) is 9.59 Å². The smallest absolute Gasteiger partial charge is 0.328 e. The average molecular weight is 353 g/mol. The summed E-state index contributed by atoms with van der Waals surface area (Å²) >= 11 is 0. The molecule has 0 saturated carbocycles. The minimum Gasteiger partial charge on any atom is -0.484 e. The zero-order chi connectivity index (χ0) is 19.2. The first-order valence-corrected chi connectivity index (χ1v) is 8.28. The average Bonchev–Trinajstić information content (AvgIpc) is 2.58. The molecule has 0 aliphatic heterocycles. The summed E-state index contributed by atoms with van der Waals surface area (Å²) in [5.74, 6) is -0.680.